The van der Waals surface area contributed by atoms with E-state index in [0.29, 0.717) is 13.0 Å². The molecule has 0 aromatic carbocycles. The fourth-order valence-corrected chi connectivity index (χ4v) is 4.65. The lowest BCUT2D eigenvalue weighted by Crippen LogP contribution is -2.41. The van der Waals surface area contributed by atoms with Gasteiger partial charge in [-0.2, -0.15) is 0 Å². The van der Waals surface area contributed by atoms with Crippen LogP contribution in [0.4, 0.5) is 5.95 Å². The summed E-state index contributed by atoms with van der Waals surface area (Å²) in [5, 5.41) is 10.4. The van der Waals surface area contributed by atoms with Crippen LogP contribution in [-0.4, -0.2) is 71.6 Å². The van der Waals surface area contributed by atoms with E-state index in [2.05, 4.69) is 46.7 Å². The minimum atomic E-state index is -3.85. The topological polar surface area (TPSA) is 165 Å². The van der Waals surface area contributed by atoms with E-state index in [9.17, 15) is 13.2 Å². The van der Waals surface area contributed by atoms with Gasteiger partial charge in [0.2, 0.25) is 27.7 Å². The molecule has 0 radical (unpaired) electrons. The van der Waals surface area contributed by atoms with Crippen LogP contribution < -0.4 is 20.3 Å². The number of sulfonamides is 1. The predicted molar refractivity (Wildman–Crippen MR) is 114 cm³/mol. The number of hydrogen-bond acceptors (Lipinski definition) is 10. The van der Waals surface area contributed by atoms with Crippen molar-refractivity contribution in [2.24, 2.45) is 4.99 Å². The van der Waals surface area contributed by atoms with E-state index in [-0.39, 0.29) is 34.9 Å². The highest BCUT2D eigenvalue weighted by molar-refractivity contribution is 7.93. The second-order valence-electron chi connectivity index (χ2n) is 6.80. The Morgan fingerprint density at radius 3 is 2.84 bits per heavy atom. The number of aliphatic imine (C=N–C) groups is 1. The second kappa shape index (κ2) is 8.81. The van der Waals surface area contributed by atoms with Gasteiger partial charge >= 0.3 is 0 Å². The number of methoxy groups -OCH3 is 2. The Hall–Kier alpha value is -3.70. The monoisotopic (exact) mass is 460 g/mol. The zero-order valence-corrected chi connectivity index (χ0v) is 18.1. The first-order valence-electron chi connectivity index (χ1n) is 9.59. The molecule has 2 aromatic rings. The van der Waals surface area contributed by atoms with Crippen molar-refractivity contribution in [1.82, 2.24) is 30.0 Å². The molecule has 1 saturated heterocycles. The molecule has 1 atom stereocenters. The zero-order valence-electron chi connectivity index (χ0n) is 17.2. The molecule has 0 saturated carbocycles. The summed E-state index contributed by atoms with van der Waals surface area (Å²) in [7, 11) is -1.10. The van der Waals surface area contributed by atoms with Crippen LogP contribution in [-0.2, 0) is 14.8 Å². The van der Waals surface area contributed by atoms with Crippen LogP contribution in [0.15, 0.2) is 33.7 Å². The first-order valence-corrected chi connectivity index (χ1v) is 11.1. The fraction of sp³-hybridized carbons (Fsp3) is 0.389. The number of H-pyrrole nitrogens is 1. The van der Waals surface area contributed by atoms with E-state index < -0.39 is 20.8 Å². The number of ether oxygens (including phenoxy) is 2. The van der Waals surface area contributed by atoms with Gasteiger partial charge in [-0.25, -0.2) is 23.0 Å². The highest BCUT2D eigenvalue weighted by Crippen LogP contribution is 2.27. The molecule has 168 valence electrons. The maximum atomic E-state index is 13.0. The van der Waals surface area contributed by atoms with Crippen molar-refractivity contribution >= 4 is 27.6 Å². The number of anilines is 1. The van der Waals surface area contributed by atoms with E-state index >= 15 is 0 Å². The third-order valence-electron chi connectivity index (χ3n) is 4.83. The largest absolute Gasteiger partial charge is 0.481 e. The zero-order chi connectivity index (χ0) is 22.7. The summed E-state index contributed by atoms with van der Waals surface area (Å²) in [4.78, 5) is 23.4. The number of aromatic nitrogens is 5. The Balaban J connectivity index is 1.89. The van der Waals surface area contributed by atoms with E-state index in [4.69, 9.17) is 9.47 Å². The number of nitrogens with zero attached hydrogens (tertiary/aromatic N) is 5. The molecule has 32 heavy (non-hydrogen) atoms. The molecule has 4 heterocycles. The summed E-state index contributed by atoms with van der Waals surface area (Å²) in [6.45, 7) is 1.05. The molecule has 2 aromatic heterocycles. The van der Waals surface area contributed by atoms with Crippen molar-refractivity contribution < 1.29 is 17.9 Å². The van der Waals surface area contributed by atoms with Crippen molar-refractivity contribution in [2.45, 2.75) is 18.1 Å². The molecular formula is C18H20N8O5S. The fourth-order valence-electron chi connectivity index (χ4n) is 3.28. The van der Waals surface area contributed by atoms with Crippen molar-refractivity contribution in [3.63, 3.8) is 0 Å². The Morgan fingerprint density at radius 1 is 1.28 bits per heavy atom. The van der Waals surface area contributed by atoms with Gasteiger partial charge in [-0.15, -0.1) is 10.2 Å². The summed E-state index contributed by atoms with van der Waals surface area (Å²) < 4.78 is 40.0. The van der Waals surface area contributed by atoms with Gasteiger partial charge in [-0.05, 0) is 25.1 Å². The van der Waals surface area contributed by atoms with Gasteiger partial charge in [0, 0.05) is 6.54 Å². The van der Waals surface area contributed by atoms with Crippen LogP contribution in [0.1, 0.15) is 18.7 Å². The van der Waals surface area contributed by atoms with Crippen molar-refractivity contribution in [3.05, 3.63) is 40.0 Å². The lowest BCUT2D eigenvalue weighted by Gasteiger charge is -2.23. The molecule has 0 bridgehead atoms. The number of hydrogen-bond donors (Lipinski definition) is 3. The molecular weight excluding hydrogens is 440 g/mol. The third kappa shape index (κ3) is 4.07. The first-order chi connectivity index (χ1) is 15.4. The Bertz CT molecular complexity index is 1320. The molecule has 0 spiro atoms. The predicted octanol–water partition coefficient (Wildman–Crippen LogP) is -0.437. The minimum Gasteiger partial charge on any atom is -0.481 e. The van der Waals surface area contributed by atoms with Crippen molar-refractivity contribution in [2.75, 3.05) is 32.0 Å². The molecule has 14 heteroatoms. The molecule has 3 N–H and O–H groups in total. The SMILES string of the molecule is COC1=NC(c2nnc(NS(=O)(=O)[C@H]3CCCNC3)n2-c2c(OC)nc[nH]c2=O)=C=C=C1. The second-order valence-corrected chi connectivity index (χ2v) is 8.76. The summed E-state index contributed by atoms with van der Waals surface area (Å²) in [5.41, 5.74) is 4.88. The maximum absolute atomic E-state index is 13.0. The van der Waals surface area contributed by atoms with Gasteiger partial charge in [-0.1, -0.05) is 5.73 Å². The number of piperidine rings is 1. The standard InChI is InChI=1S/C18H20N8O5S/c1-30-13-7-3-6-12(22-13)15-23-24-18(25-32(28,29)11-5-4-8-19-9-11)26(15)14-16(27)20-10-21-17(14)31-2/h7,10-11,19H,4-5,8-9H2,1-2H3,(H,24,25)(H,20,21,27)/t11-/m0/s1. The van der Waals surface area contributed by atoms with Gasteiger partial charge in [-0.3, -0.25) is 9.52 Å². The lowest BCUT2D eigenvalue weighted by atomic mass is 10.2. The third-order valence-corrected chi connectivity index (χ3v) is 6.58. The smallest absolute Gasteiger partial charge is 0.279 e. The lowest BCUT2D eigenvalue weighted by molar-refractivity contribution is 0.394. The Labute approximate surface area is 182 Å². The van der Waals surface area contributed by atoms with E-state index in [0.717, 1.165) is 19.3 Å². The quantitative estimate of drug-likeness (QED) is 0.485. The first kappa shape index (κ1) is 21.5. The van der Waals surface area contributed by atoms with Crippen LogP contribution in [0.5, 0.6) is 5.88 Å². The van der Waals surface area contributed by atoms with E-state index in [1.54, 1.807) is 0 Å². The van der Waals surface area contributed by atoms with Crippen molar-refractivity contribution in [3.8, 4) is 11.6 Å². The highest BCUT2D eigenvalue weighted by atomic mass is 32.2. The van der Waals surface area contributed by atoms with Gasteiger partial charge in [0.05, 0.1) is 31.9 Å². The Morgan fingerprint density at radius 2 is 2.12 bits per heavy atom. The van der Waals surface area contributed by atoms with Gasteiger partial charge in [0.25, 0.3) is 5.56 Å². The summed E-state index contributed by atoms with van der Waals surface area (Å²) in [6, 6.07) is 0. The van der Waals surface area contributed by atoms with E-state index in [1.165, 1.54) is 24.9 Å². The molecule has 2 aliphatic heterocycles. The summed E-state index contributed by atoms with van der Waals surface area (Å²) in [5.74, 6) is -0.0611. The molecule has 13 nitrogen and oxygen atoms in total. The van der Waals surface area contributed by atoms with Crippen molar-refractivity contribution in [1.29, 1.82) is 0 Å². The van der Waals surface area contributed by atoms with Crippen LogP contribution in [0.25, 0.3) is 11.4 Å². The molecule has 2 aliphatic rings. The van der Waals surface area contributed by atoms with E-state index in [1.807, 2.05) is 0 Å². The maximum Gasteiger partial charge on any atom is 0.279 e. The Kier molecular flexibility index (Phi) is 5.93. The van der Waals surface area contributed by atoms with Crippen LogP contribution >= 0.6 is 0 Å². The molecule has 0 aliphatic carbocycles. The number of rotatable bonds is 6. The summed E-state index contributed by atoms with van der Waals surface area (Å²) in [6.07, 6.45) is 3.83. The van der Waals surface area contributed by atoms with Gasteiger partial charge < -0.3 is 19.8 Å². The van der Waals surface area contributed by atoms with Gasteiger partial charge in [0.15, 0.2) is 17.2 Å². The average molecular weight is 460 g/mol. The normalized spacial score (nSPS) is 18.1. The van der Waals surface area contributed by atoms with Crippen LogP contribution in [0.3, 0.4) is 0 Å². The van der Waals surface area contributed by atoms with Crippen LogP contribution in [0, 0.1) is 0 Å². The molecule has 1 fully saturated rings. The minimum absolute atomic E-state index is 0.0106. The number of nitrogens with one attached hydrogen (secondary N) is 3. The molecule has 4 rings (SSSR count). The van der Waals surface area contributed by atoms with Crippen LogP contribution in [0.2, 0.25) is 0 Å². The summed E-state index contributed by atoms with van der Waals surface area (Å²) >= 11 is 0. The van der Waals surface area contributed by atoms with Gasteiger partial charge in [0.1, 0.15) is 0 Å². The molecule has 0 amide bonds. The number of aromatic amines is 1. The molecule has 0 unspecified atom stereocenters. The highest BCUT2D eigenvalue weighted by Gasteiger charge is 2.31. The average Bonchev–Trinajstić information content (AvgIpc) is 3.21.